The number of hydrogen-bond donors (Lipinski definition) is 5. The molecule has 9 heteroatoms. The first-order chi connectivity index (χ1) is 12.7. The minimum absolute atomic E-state index is 0.0198. The zero-order valence-corrected chi connectivity index (χ0v) is 14.9. The minimum Gasteiger partial charge on any atom is -0.398 e. The predicted octanol–water partition coefficient (Wildman–Crippen LogP) is 1.07. The lowest BCUT2D eigenvalue weighted by atomic mass is 10.0. The van der Waals surface area contributed by atoms with Crippen molar-refractivity contribution in [1.82, 2.24) is 9.99 Å². The molecule has 8 N–H and O–H groups in total. The molecule has 1 aromatic heterocycles. The Labute approximate surface area is 156 Å². The molecule has 0 bridgehead atoms. The molecule has 0 unspecified atom stereocenters. The van der Waals surface area contributed by atoms with Crippen LogP contribution in [0.15, 0.2) is 42.4 Å². The topological polar surface area (TPSA) is 171 Å². The quantitative estimate of drug-likeness (QED) is 0.228. The van der Waals surface area contributed by atoms with E-state index >= 15 is 0 Å². The number of nitriles is 1. The second-order valence-electron chi connectivity index (χ2n) is 5.88. The molecule has 0 aliphatic rings. The van der Waals surface area contributed by atoms with E-state index in [1.165, 1.54) is 17.4 Å². The third-order valence-electron chi connectivity index (χ3n) is 3.63. The van der Waals surface area contributed by atoms with Gasteiger partial charge in [-0.05, 0) is 36.8 Å². The van der Waals surface area contributed by atoms with Crippen LogP contribution in [0.25, 0.3) is 0 Å². The number of anilines is 2. The van der Waals surface area contributed by atoms with Gasteiger partial charge in [-0.25, -0.2) is 10.8 Å². The first kappa shape index (κ1) is 19.4. The van der Waals surface area contributed by atoms with E-state index in [0.29, 0.717) is 28.1 Å². The number of nitrogens with two attached hydrogens (primary N) is 3. The lowest BCUT2D eigenvalue weighted by molar-refractivity contribution is 0.102. The number of hydrazine groups is 1. The summed E-state index contributed by atoms with van der Waals surface area (Å²) in [6.07, 6.45) is 2.72. The molecule has 138 valence electrons. The number of allylic oxidation sites excluding steroid dienone is 1. The van der Waals surface area contributed by atoms with Crippen LogP contribution in [-0.2, 0) is 0 Å². The summed E-state index contributed by atoms with van der Waals surface area (Å²) in [5.41, 5.74) is 14.1. The van der Waals surface area contributed by atoms with Crippen LogP contribution in [-0.4, -0.2) is 28.7 Å². The van der Waals surface area contributed by atoms with Gasteiger partial charge in [0, 0.05) is 36.4 Å². The van der Waals surface area contributed by atoms with Crippen LogP contribution in [0.4, 0.5) is 11.4 Å². The van der Waals surface area contributed by atoms with Crippen LogP contribution in [0.2, 0.25) is 0 Å². The lowest BCUT2D eigenvalue weighted by Gasteiger charge is -2.13. The van der Waals surface area contributed by atoms with Gasteiger partial charge < -0.3 is 21.8 Å². The SMILES string of the molecule is Cc1cc(C#N)cnc1C(=O)Nc1ccc(N)c(C(=N)/C(N)=C/N(C)N)c1. The number of nitrogen functional groups attached to an aromatic ring is 1. The molecule has 0 radical (unpaired) electrons. The Bertz CT molecular complexity index is 972. The highest BCUT2D eigenvalue weighted by molar-refractivity contribution is 6.14. The van der Waals surface area contributed by atoms with Crippen LogP contribution in [0.5, 0.6) is 0 Å². The number of hydrogen-bond acceptors (Lipinski definition) is 8. The molecule has 9 nitrogen and oxygen atoms in total. The lowest BCUT2D eigenvalue weighted by Crippen LogP contribution is -2.24. The molecule has 2 aromatic rings. The van der Waals surface area contributed by atoms with Crippen LogP contribution in [0.3, 0.4) is 0 Å². The maximum Gasteiger partial charge on any atom is 0.274 e. The van der Waals surface area contributed by atoms with Gasteiger partial charge in [-0.15, -0.1) is 0 Å². The zero-order valence-electron chi connectivity index (χ0n) is 14.9. The molecule has 0 saturated heterocycles. The molecule has 1 heterocycles. The van der Waals surface area contributed by atoms with Crippen LogP contribution in [0.1, 0.15) is 27.2 Å². The average molecular weight is 364 g/mol. The Kier molecular flexibility index (Phi) is 5.75. The van der Waals surface area contributed by atoms with Gasteiger partial charge in [-0.1, -0.05) is 0 Å². The molecule has 0 spiro atoms. The van der Waals surface area contributed by atoms with Crippen molar-refractivity contribution in [2.45, 2.75) is 6.92 Å². The Morgan fingerprint density at radius 1 is 1.41 bits per heavy atom. The fourth-order valence-electron chi connectivity index (χ4n) is 2.35. The molecule has 2 rings (SSSR count). The van der Waals surface area contributed by atoms with Crippen molar-refractivity contribution in [1.29, 1.82) is 10.7 Å². The number of pyridine rings is 1. The molecule has 0 aliphatic heterocycles. The summed E-state index contributed by atoms with van der Waals surface area (Å²) < 4.78 is 0. The molecule has 0 saturated carbocycles. The highest BCUT2D eigenvalue weighted by Crippen LogP contribution is 2.21. The van der Waals surface area contributed by atoms with E-state index in [1.54, 1.807) is 38.2 Å². The fraction of sp³-hybridized carbons (Fsp3) is 0.111. The van der Waals surface area contributed by atoms with E-state index in [4.69, 9.17) is 28.0 Å². The van der Waals surface area contributed by atoms with Crippen molar-refractivity contribution < 1.29 is 4.79 Å². The van der Waals surface area contributed by atoms with Crippen LogP contribution < -0.4 is 22.6 Å². The van der Waals surface area contributed by atoms with E-state index in [9.17, 15) is 4.79 Å². The summed E-state index contributed by atoms with van der Waals surface area (Å²) >= 11 is 0. The van der Waals surface area contributed by atoms with Crippen molar-refractivity contribution in [3.8, 4) is 6.07 Å². The summed E-state index contributed by atoms with van der Waals surface area (Å²) in [5, 5.41) is 21.0. The van der Waals surface area contributed by atoms with Gasteiger partial charge in [0.05, 0.1) is 17.0 Å². The largest absolute Gasteiger partial charge is 0.398 e. The summed E-state index contributed by atoms with van der Waals surface area (Å²) in [5.74, 6) is 5.07. The van der Waals surface area contributed by atoms with Gasteiger partial charge in [0.2, 0.25) is 0 Å². The molecule has 27 heavy (non-hydrogen) atoms. The van der Waals surface area contributed by atoms with E-state index in [1.807, 2.05) is 6.07 Å². The summed E-state index contributed by atoms with van der Waals surface area (Å²) in [4.78, 5) is 16.5. The maximum absolute atomic E-state index is 12.5. The van der Waals surface area contributed by atoms with E-state index < -0.39 is 5.91 Å². The first-order valence-electron chi connectivity index (χ1n) is 7.84. The van der Waals surface area contributed by atoms with Gasteiger partial charge in [0.1, 0.15) is 11.8 Å². The standard InChI is InChI=1S/C18H20N8O/c1-10-5-11(7-19)8-24-17(10)18(27)25-12-3-4-14(20)13(6-12)16(22)15(21)9-26(2)23/h3-6,8-9,22H,20-21,23H2,1-2H3,(H,25,27)/b15-9-,22-16?. The Hall–Kier alpha value is -3.90. The molecule has 0 aliphatic carbocycles. The molecule has 1 aromatic carbocycles. The highest BCUT2D eigenvalue weighted by Gasteiger charge is 2.14. The van der Waals surface area contributed by atoms with Crippen LogP contribution >= 0.6 is 0 Å². The predicted molar refractivity (Wildman–Crippen MR) is 104 cm³/mol. The van der Waals surface area contributed by atoms with E-state index in [0.717, 1.165) is 0 Å². The number of rotatable bonds is 5. The van der Waals surface area contributed by atoms with Crippen molar-refractivity contribution in [3.05, 3.63) is 64.7 Å². The zero-order chi connectivity index (χ0) is 20.1. The second-order valence-corrected chi connectivity index (χ2v) is 5.88. The number of amides is 1. The number of carbonyl (C=O) groups excluding carboxylic acids is 1. The molecule has 0 atom stereocenters. The van der Waals surface area contributed by atoms with Crippen molar-refractivity contribution in [2.75, 3.05) is 18.1 Å². The van der Waals surface area contributed by atoms with Gasteiger partial charge in [0.25, 0.3) is 5.91 Å². The number of aromatic nitrogens is 1. The average Bonchev–Trinajstić information content (AvgIpc) is 2.61. The molecular formula is C18H20N8O. The van der Waals surface area contributed by atoms with E-state index in [-0.39, 0.29) is 17.1 Å². The monoisotopic (exact) mass is 364 g/mol. The Morgan fingerprint density at radius 2 is 2.11 bits per heavy atom. The number of nitrogens with zero attached hydrogens (tertiary/aromatic N) is 3. The summed E-state index contributed by atoms with van der Waals surface area (Å²) in [7, 11) is 1.58. The summed E-state index contributed by atoms with van der Waals surface area (Å²) in [6.45, 7) is 1.70. The third kappa shape index (κ3) is 4.59. The highest BCUT2D eigenvalue weighted by atomic mass is 16.1. The number of aryl methyl sites for hydroxylation is 1. The van der Waals surface area contributed by atoms with Gasteiger partial charge in [-0.2, -0.15) is 5.26 Å². The molecular weight excluding hydrogens is 344 g/mol. The van der Waals surface area contributed by atoms with Crippen molar-refractivity contribution in [2.24, 2.45) is 11.6 Å². The van der Waals surface area contributed by atoms with Gasteiger partial charge >= 0.3 is 0 Å². The van der Waals surface area contributed by atoms with Crippen LogP contribution in [0, 0.1) is 23.7 Å². The second kappa shape index (κ2) is 7.99. The van der Waals surface area contributed by atoms with Gasteiger partial charge in [0.15, 0.2) is 0 Å². The van der Waals surface area contributed by atoms with Crippen molar-refractivity contribution in [3.63, 3.8) is 0 Å². The minimum atomic E-state index is -0.440. The number of nitrogens with one attached hydrogen (secondary N) is 2. The molecule has 1 amide bonds. The Balaban J connectivity index is 2.29. The normalized spacial score (nSPS) is 10.8. The summed E-state index contributed by atoms with van der Waals surface area (Å²) in [6, 6.07) is 8.28. The smallest absolute Gasteiger partial charge is 0.274 e. The fourth-order valence-corrected chi connectivity index (χ4v) is 2.35. The maximum atomic E-state index is 12.5. The van der Waals surface area contributed by atoms with Gasteiger partial charge in [-0.3, -0.25) is 10.2 Å². The first-order valence-corrected chi connectivity index (χ1v) is 7.84. The Morgan fingerprint density at radius 3 is 2.70 bits per heavy atom. The number of benzene rings is 1. The molecule has 0 fully saturated rings. The number of carbonyl (C=O) groups is 1. The van der Waals surface area contributed by atoms with E-state index in [2.05, 4.69) is 10.3 Å². The van der Waals surface area contributed by atoms with Crippen molar-refractivity contribution >= 4 is 23.0 Å². The third-order valence-corrected chi connectivity index (χ3v) is 3.63.